The summed E-state index contributed by atoms with van der Waals surface area (Å²) in [5.74, 6) is 1.19. The van der Waals surface area contributed by atoms with Gasteiger partial charge in [-0.15, -0.1) is 0 Å². The van der Waals surface area contributed by atoms with Gasteiger partial charge >= 0.3 is 0 Å². The minimum absolute atomic E-state index is 0.167. The molecule has 4 aromatic rings. The molecule has 0 bridgehead atoms. The lowest BCUT2D eigenvalue weighted by molar-refractivity contribution is 0.300. The molecule has 0 spiro atoms. The summed E-state index contributed by atoms with van der Waals surface area (Å²) >= 11 is 0. The molecule has 0 unspecified atom stereocenters. The average Bonchev–Trinajstić information content (AvgIpc) is 2.84. The third kappa shape index (κ3) is 4.59. The second-order valence-corrected chi connectivity index (χ2v) is 8.57. The van der Waals surface area contributed by atoms with E-state index in [-0.39, 0.29) is 23.9 Å². The van der Waals surface area contributed by atoms with E-state index in [9.17, 15) is 9.18 Å². The van der Waals surface area contributed by atoms with Gasteiger partial charge in [-0.25, -0.2) is 14.4 Å². The van der Waals surface area contributed by atoms with Gasteiger partial charge < -0.3 is 4.74 Å². The van der Waals surface area contributed by atoms with Crippen molar-refractivity contribution in [1.82, 2.24) is 19.5 Å². The Morgan fingerprint density at radius 2 is 1.65 bits per heavy atom. The SMILES string of the molecule is Cc1c(OCc2ccc(F)cc2)c(C)c(=O)n(-c2ccnc(-c3ccnc(C(C)C)n3)c2)c1C. The molecule has 34 heavy (non-hydrogen) atoms. The number of ether oxygens (including phenoxy) is 1. The zero-order valence-corrected chi connectivity index (χ0v) is 20.0. The minimum Gasteiger partial charge on any atom is -0.488 e. The van der Waals surface area contributed by atoms with Crippen LogP contribution in [0.25, 0.3) is 17.1 Å². The average molecular weight is 459 g/mol. The molecular formula is C27H27FN4O2. The largest absolute Gasteiger partial charge is 0.488 e. The highest BCUT2D eigenvalue weighted by molar-refractivity contribution is 5.58. The number of nitrogens with zero attached hydrogens (tertiary/aromatic N) is 4. The Morgan fingerprint density at radius 3 is 2.35 bits per heavy atom. The van der Waals surface area contributed by atoms with Crippen molar-refractivity contribution in [1.29, 1.82) is 0 Å². The number of hydrogen-bond donors (Lipinski definition) is 0. The molecule has 0 aliphatic rings. The van der Waals surface area contributed by atoms with E-state index in [2.05, 4.69) is 15.0 Å². The van der Waals surface area contributed by atoms with Crippen LogP contribution in [-0.4, -0.2) is 19.5 Å². The van der Waals surface area contributed by atoms with Gasteiger partial charge in [0, 0.05) is 29.6 Å². The van der Waals surface area contributed by atoms with Crippen LogP contribution >= 0.6 is 0 Å². The Balaban J connectivity index is 1.72. The smallest absolute Gasteiger partial charge is 0.261 e. The van der Waals surface area contributed by atoms with Crippen molar-refractivity contribution in [3.05, 3.63) is 99.2 Å². The fourth-order valence-corrected chi connectivity index (χ4v) is 3.79. The second-order valence-electron chi connectivity index (χ2n) is 8.57. The zero-order chi connectivity index (χ0) is 24.4. The van der Waals surface area contributed by atoms with Gasteiger partial charge in [-0.05, 0) is 56.7 Å². The van der Waals surface area contributed by atoms with Crippen molar-refractivity contribution in [2.24, 2.45) is 0 Å². The Kier molecular flexibility index (Phi) is 6.54. The highest BCUT2D eigenvalue weighted by Gasteiger charge is 2.18. The number of rotatable bonds is 6. The van der Waals surface area contributed by atoms with Gasteiger partial charge in [-0.3, -0.25) is 14.3 Å². The summed E-state index contributed by atoms with van der Waals surface area (Å²) in [5.41, 5.74) is 4.88. The lowest BCUT2D eigenvalue weighted by Gasteiger charge is -2.19. The number of aromatic nitrogens is 4. The highest BCUT2D eigenvalue weighted by Crippen LogP contribution is 2.27. The van der Waals surface area contributed by atoms with Crippen LogP contribution in [0.3, 0.4) is 0 Å². The van der Waals surface area contributed by atoms with Gasteiger partial charge in [-0.2, -0.15) is 0 Å². The second kappa shape index (κ2) is 9.55. The summed E-state index contributed by atoms with van der Waals surface area (Å²) in [7, 11) is 0. The third-order valence-electron chi connectivity index (χ3n) is 5.83. The molecule has 0 saturated heterocycles. The maximum atomic E-state index is 13.4. The summed E-state index contributed by atoms with van der Waals surface area (Å²) in [6.07, 6.45) is 3.41. The van der Waals surface area contributed by atoms with Crippen LogP contribution in [0.5, 0.6) is 5.75 Å². The first kappa shape index (κ1) is 23.3. The predicted octanol–water partition coefficient (Wildman–Crippen LogP) is 5.46. The standard InChI is InChI=1S/C27H27FN4O2/c1-16(2)26-30-13-11-23(31-26)24-14-22(10-12-29-24)32-19(5)17(3)25(18(4)27(32)33)34-15-20-6-8-21(28)9-7-20/h6-14,16H,15H2,1-5H3. The third-order valence-corrected chi connectivity index (χ3v) is 5.83. The summed E-state index contributed by atoms with van der Waals surface area (Å²) in [4.78, 5) is 26.8. The highest BCUT2D eigenvalue weighted by atomic mass is 19.1. The number of pyridine rings is 2. The van der Waals surface area contributed by atoms with Gasteiger partial charge in [-0.1, -0.05) is 26.0 Å². The molecular weight excluding hydrogens is 431 g/mol. The molecule has 0 N–H and O–H groups in total. The van der Waals surface area contributed by atoms with Crippen LogP contribution in [0.2, 0.25) is 0 Å². The summed E-state index contributed by atoms with van der Waals surface area (Å²) in [5, 5.41) is 0. The molecule has 1 aromatic carbocycles. The van der Waals surface area contributed by atoms with E-state index in [1.54, 1.807) is 42.1 Å². The summed E-state index contributed by atoms with van der Waals surface area (Å²) in [6, 6.07) is 11.6. The van der Waals surface area contributed by atoms with Crippen molar-refractivity contribution in [3.8, 4) is 22.8 Å². The Hall–Kier alpha value is -3.87. The molecule has 4 rings (SSSR count). The Morgan fingerprint density at radius 1 is 0.941 bits per heavy atom. The predicted molar refractivity (Wildman–Crippen MR) is 130 cm³/mol. The number of benzene rings is 1. The Labute approximate surface area is 198 Å². The van der Waals surface area contributed by atoms with E-state index >= 15 is 0 Å². The zero-order valence-electron chi connectivity index (χ0n) is 20.0. The molecule has 0 saturated carbocycles. The molecule has 7 heteroatoms. The van der Waals surface area contributed by atoms with E-state index in [1.165, 1.54) is 12.1 Å². The van der Waals surface area contributed by atoms with Crippen LogP contribution in [0.4, 0.5) is 4.39 Å². The molecule has 0 amide bonds. The normalized spacial score (nSPS) is 11.1. The molecule has 3 aromatic heterocycles. The molecule has 0 fully saturated rings. The lowest BCUT2D eigenvalue weighted by atomic mass is 10.1. The van der Waals surface area contributed by atoms with Crippen LogP contribution in [0, 0.1) is 26.6 Å². The first-order chi connectivity index (χ1) is 16.3. The van der Waals surface area contributed by atoms with Crippen molar-refractivity contribution in [2.45, 2.75) is 47.1 Å². The fourth-order valence-electron chi connectivity index (χ4n) is 3.79. The first-order valence-corrected chi connectivity index (χ1v) is 11.2. The van der Waals surface area contributed by atoms with Crippen LogP contribution < -0.4 is 10.3 Å². The summed E-state index contributed by atoms with van der Waals surface area (Å²) in [6.45, 7) is 9.90. The van der Waals surface area contributed by atoms with E-state index in [4.69, 9.17) is 4.74 Å². The van der Waals surface area contributed by atoms with Crippen LogP contribution in [0.1, 0.15) is 48.0 Å². The van der Waals surface area contributed by atoms with E-state index in [0.29, 0.717) is 28.4 Å². The van der Waals surface area contributed by atoms with Crippen molar-refractivity contribution >= 4 is 0 Å². The lowest BCUT2D eigenvalue weighted by Crippen LogP contribution is -2.25. The molecule has 0 aliphatic carbocycles. The van der Waals surface area contributed by atoms with Crippen molar-refractivity contribution in [2.75, 3.05) is 0 Å². The molecule has 0 aliphatic heterocycles. The molecule has 0 radical (unpaired) electrons. The first-order valence-electron chi connectivity index (χ1n) is 11.2. The monoisotopic (exact) mass is 458 g/mol. The number of hydrogen-bond acceptors (Lipinski definition) is 5. The maximum absolute atomic E-state index is 13.4. The molecule has 174 valence electrons. The van der Waals surface area contributed by atoms with Gasteiger partial charge in [0.05, 0.1) is 22.6 Å². The van der Waals surface area contributed by atoms with Crippen LogP contribution in [-0.2, 0) is 6.61 Å². The topological polar surface area (TPSA) is 69.9 Å². The van der Waals surface area contributed by atoms with Crippen molar-refractivity contribution in [3.63, 3.8) is 0 Å². The molecule has 0 atom stereocenters. The van der Waals surface area contributed by atoms with Gasteiger partial charge in [0.25, 0.3) is 5.56 Å². The van der Waals surface area contributed by atoms with E-state index in [1.807, 2.05) is 39.8 Å². The van der Waals surface area contributed by atoms with E-state index < -0.39 is 0 Å². The Bertz CT molecular complexity index is 1400. The van der Waals surface area contributed by atoms with E-state index in [0.717, 1.165) is 22.6 Å². The maximum Gasteiger partial charge on any atom is 0.261 e. The quantitative estimate of drug-likeness (QED) is 0.384. The summed E-state index contributed by atoms with van der Waals surface area (Å²) < 4.78 is 20.9. The van der Waals surface area contributed by atoms with Gasteiger partial charge in [0.15, 0.2) is 0 Å². The molecule has 6 nitrogen and oxygen atoms in total. The minimum atomic E-state index is -0.298. The number of halogens is 1. The molecule has 3 heterocycles. The fraction of sp³-hybridized carbons (Fsp3) is 0.259. The van der Waals surface area contributed by atoms with Gasteiger partial charge in [0.2, 0.25) is 0 Å². The van der Waals surface area contributed by atoms with Gasteiger partial charge in [0.1, 0.15) is 24.0 Å². The van der Waals surface area contributed by atoms with Crippen LogP contribution in [0.15, 0.2) is 59.7 Å². The van der Waals surface area contributed by atoms with Crippen molar-refractivity contribution < 1.29 is 9.13 Å².